The minimum Gasteiger partial charge on any atom is -0.871 e. The van der Waals surface area contributed by atoms with Gasteiger partial charge in [0, 0.05) is 23.2 Å². The summed E-state index contributed by atoms with van der Waals surface area (Å²) < 4.78 is 4.91. The molecule has 2 aromatic carbocycles. The predicted octanol–water partition coefficient (Wildman–Crippen LogP) is 2.53. The van der Waals surface area contributed by atoms with E-state index in [-0.39, 0.29) is 29.6 Å². The van der Waals surface area contributed by atoms with Crippen LogP contribution in [0.2, 0.25) is 0 Å². The number of benzene rings is 2. The molecule has 132 valence electrons. The number of anilines is 2. The largest absolute Gasteiger partial charge is 0.871 e. The Morgan fingerprint density at radius 2 is 2.00 bits per heavy atom. The van der Waals surface area contributed by atoms with Crippen molar-refractivity contribution in [2.75, 3.05) is 11.9 Å². The number of nitrogens with zero attached hydrogens (tertiary/aromatic N) is 3. The Morgan fingerprint density at radius 3 is 2.73 bits per heavy atom. The van der Waals surface area contributed by atoms with Crippen LogP contribution in [0.4, 0.5) is 17.2 Å². The van der Waals surface area contributed by atoms with Crippen molar-refractivity contribution in [1.82, 2.24) is 9.97 Å². The summed E-state index contributed by atoms with van der Waals surface area (Å²) in [7, 11) is 0. The number of nitro benzene ring substituents is 1. The number of ether oxygens (including phenoxy) is 1. The highest BCUT2D eigenvalue weighted by Crippen LogP contribution is 2.30. The second-order valence-electron chi connectivity index (χ2n) is 5.20. The second kappa shape index (κ2) is 7.01. The summed E-state index contributed by atoms with van der Waals surface area (Å²) in [6, 6.07) is 10.2. The molecule has 0 spiro atoms. The summed E-state index contributed by atoms with van der Waals surface area (Å²) in [6.45, 7) is 1.82. The van der Waals surface area contributed by atoms with E-state index in [1.165, 1.54) is 0 Å². The van der Waals surface area contributed by atoms with E-state index in [9.17, 15) is 20.0 Å². The molecule has 0 fully saturated rings. The third-order valence-electron chi connectivity index (χ3n) is 3.49. The fourth-order valence-electron chi connectivity index (χ4n) is 2.32. The van der Waals surface area contributed by atoms with E-state index in [2.05, 4.69) is 15.3 Å². The first kappa shape index (κ1) is 17.1. The predicted molar refractivity (Wildman–Crippen MR) is 91.3 cm³/mol. The minimum absolute atomic E-state index is 0.0298. The van der Waals surface area contributed by atoms with Crippen LogP contribution in [0, 0.1) is 10.1 Å². The summed E-state index contributed by atoms with van der Waals surface area (Å²) in [5.74, 6) is -1.15. The van der Waals surface area contributed by atoms with E-state index in [4.69, 9.17) is 4.74 Å². The Hall–Kier alpha value is -3.75. The molecule has 0 radical (unpaired) electrons. The van der Waals surface area contributed by atoms with Crippen LogP contribution in [0.1, 0.15) is 17.5 Å². The highest BCUT2D eigenvalue weighted by atomic mass is 16.6. The lowest BCUT2D eigenvalue weighted by Crippen LogP contribution is -2.12. The first-order valence-corrected chi connectivity index (χ1v) is 7.66. The summed E-state index contributed by atoms with van der Waals surface area (Å²) >= 11 is 0. The van der Waals surface area contributed by atoms with Crippen molar-refractivity contribution < 1.29 is 19.6 Å². The zero-order valence-electron chi connectivity index (χ0n) is 13.6. The lowest BCUT2D eigenvalue weighted by Gasteiger charge is -2.16. The monoisotopic (exact) mass is 353 g/mol. The van der Waals surface area contributed by atoms with Gasteiger partial charge in [-0.1, -0.05) is 23.9 Å². The van der Waals surface area contributed by atoms with Gasteiger partial charge in [-0.2, -0.15) is 0 Å². The molecule has 1 N–H and O–H groups in total. The van der Waals surface area contributed by atoms with Crippen molar-refractivity contribution in [2.24, 2.45) is 0 Å². The van der Waals surface area contributed by atoms with Gasteiger partial charge in [0.05, 0.1) is 17.0 Å². The number of esters is 1. The van der Waals surface area contributed by atoms with Gasteiger partial charge in [0.25, 0.3) is 5.69 Å². The maximum absolute atomic E-state index is 12.0. The minimum atomic E-state index is -0.706. The van der Waals surface area contributed by atoms with E-state index in [1.54, 1.807) is 31.2 Å². The van der Waals surface area contributed by atoms with Crippen molar-refractivity contribution in [2.45, 2.75) is 6.92 Å². The van der Waals surface area contributed by atoms with Gasteiger partial charge < -0.3 is 15.2 Å². The molecular formula is C17H13N4O5-. The van der Waals surface area contributed by atoms with E-state index < -0.39 is 16.6 Å². The lowest BCUT2D eigenvalue weighted by atomic mass is 10.2. The highest BCUT2D eigenvalue weighted by molar-refractivity contribution is 5.95. The number of rotatable bonds is 5. The van der Waals surface area contributed by atoms with Crippen molar-refractivity contribution >= 4 is 34.1 Å². The molecular weight excluding hydrogens is 340 g/mol. The number of carbonyl (C=O) groups is 1. The topological polar surface area (TPSA) is 130 Å². The number of fused-ring (bicyclic) bond motifs is 1. The first-order valence-electron chi connectivity index (χ1n) is 7.66. The molecule has 0 aliphatic heterocycles. The van der Waals surface area contributed by atoms with E-state index in [0.29, 0.717) is 10.9 Å². The molecule has 1 heterocycles. The number of nitrogens with one attached hydrogen (secondary N) is 1. The third-order valence-corrected chi connectivity index (χ3v) is 3.49. The van der Waals surface area contributed by atoms with Gasteiger partial charge in [-0.05, 0) is 19.1 Å². The van der Waals surface area contributed by atoms with E-state index in [0.717, 1.165) is 18.2 Å². The van der Waals surface area contributed by atoms with E-state index in [1.807, 2.05) is 0 Å². The maximum atomic E-state index is 12.0. The normalized spacial score (nSPS) is 10.5. The van der Waals surface area contributed by atoms with Gasteiger partial charge in [-0.15, -0.1) is 0 Å². The number of para-hydroxylation sites is 1. The Balaban J connectivity index is 2.11. The third kappa shape index (κ3) is 3.36. The summed E-state index contributed by atoms with van der Waals surface area (Å²) in [6.07, 6.45) is 0. The van der Waals surface area contributed by atoms with Crippen LogP contribution in [0.3, 0.4) is 0 Å². The Morgan fingerprint density at radius 1 is 1.23 bits per heavy atom. The summed E-state index contributed by atoms with van der Waals surface area (Å²) in [5.41, 5.74) is 0.194. The van der Waals surface area contributed by atoms with Crippen molar-refractivity contribution in [1.29, 1.82) is 0 Å². The quantitative estimate of drug-likeness (QED) is 0.420. The molecule has 3 aromatic rings. The maximum Gasteiger partial charge on any atom is 0.376 e. The number of carbonyl (C=O) groups excluding carboxylic acids is 1. The van der Waals surface area contributed by atoms with Crippen LogP contribution in [0.5, 0.6) is 5.75 Å². The van der Waals surface area contributed by atoms with Crippen LogP contribution in [-0.2, 0) is 4.74 Å². The molecule has 1 aromatic heterocycles. The molecule has 0 saturated heterocycles. The fourth-order valence-corrected chi connectivity index (χ4v) is 2.32. The van der Waals surface area contributed by atoms with Gasteiger partial charge in [0.2, 0.25) is 5.82 Å². The number of nitro groups is 1. The van der Waals surface area contributed by atoms with Gasteiger partial charge in [0.15, 0.2) is 0 Å². The average molecular weight is 353 g/mol. The Bertz CT molecular complexity index is 1010. The van der Waals surface area contributed by atoms with Gasteiger partial charge in [0.1, 0.15) is 5.82 Å². The molecule has 0 amide bonds. The number of hydrogen-bond donors (Lipinski definition) is 1. The van der Waals surface area contributed by atoms with E-state index >= 15 is 0 Å². The summed E-state index contributed by atoms with van der Waals surface area (Å²) in [4.78, 5) is 30.6. The standard InChI is InChI=1S/C17H14N4O5/c1-2-26-17(23)16-18-12-6-4-3-5-11(12)15(20-16)19-13-9-10(21(24)25)7-8-14(13)22/h3-9,22H,2H2,1H3,(H,18,19,20)/p-1. The van der Waals surface area contributed by atoms with Gasteiger partial charge in [-0.25, -0.2) is 14.8 Å². The molecule has 26 heavy (non-hydrogen) atoms. The Kier molecular flexibility index (Phi) is 4.61. The molecule has 0 aliphatic rings. The second-order valence-corrected chi connectivity index (χ2v) is 5.20. The van der Waals surface area contributed by atoms with Crippen molar-refractivity contribution in [3.63, 3.8) is 0 Å². The van der Waals surface area contributed by atoms with Crippen molar-refractivity contribution in [3.8, 4) is 5.75 Å². The van der Waals surface area contributed by atoms with Crippen molar-refractivity contribution in [3.05, 3.63) is 58.4 Å². The van der Waals surface area contributed by atoms with Crippen LogP contribution >= 0.6 is 0 Å². The molecule has 9 heteroatoms. The smallest absolute Gasteiger partial charge is 0.376 e. The highest BCUT2D eigenvalue weighted by Gasteiger charge is 2.16. The van der Waals surface area contributed by atoms with Crippen LogP contribution < -0.4 is 10.4 Å². The molecule has 0 saturated carbocycles. The molecule has 9 nitrogen and oxygen atoms in total. The average Bonchev–Trinajstić information content (AvgIpc) is 2.63. The SMILES string of the molecule is CCOC(=O)c1nc(Nc2cc([N+](=O)[O-])ccc2[O-])c2ccccc2n1. The zero-order chi connectivity index (χ0) is 18.7. The molecule has 0 unspecified atom stereocenters. The molecule has 0 atom stereocenters. The lowest BCUT2D eigenvalue weighted by molar-refractivity contribution is -0.385. The number of aromatic nitrogens is 2. The summed E-state index contributed by atoms with van der Waals surface area (Å²) in [5, 5.41) is 26.3. The van der Waals surface area contributed by atoms with Crippen LogP contribution in [0.25, 0.3) is 10.9 Å². The van der Waals surface area contributed by atoms with Crippen LogP contribution in [0.15, 0.2) is 42.5 Å². The number of hydrogen-bond acceptors (Lipinski definition) is 8. The van der Waals surface area contributed by atoms with Gasteiger partial charge >= 0.3 is 5.97 Å². The van der Waals surface area contributed by atoms with Crippen LogP contribution in [-0.4, -0.2) is 27.5 Å². The van der Waals surface area contributed by atoms with Gasteiger partial charge in [-0.3, -0.25) is 10.1 Å². The fraction of sp³-hybridized carbons (Fsp3) is 0.118. The molecule has 0 bridgehead atoms. The molecule has 0 aliphatic carbocycles. The number of non-ortho nitro benzene ring substituents is 1. The zero-order valence-corrected chi connectivity index (χ0v) is 13.6. The Labute approximate surface area is 147 Å². The molecule has 3 rings (SSSR count). The first-order chi connectivity index (χ1) is 12.5.